The number of carboxylic acids is 1. The molecule has 0 unspecified atom stereocenters. The van der Waals surface area contributed by atoms with Crippen LogP contribution in [0.25, 0.3) is 5.69 Å². The molecule has 5 heteroatoms. The molecular weight excluding hydrogens is 282 g/mol. The topological polar surface area (TPSA) is 68.5 Å². The summed E-state index contributed by atoms with van der Waals surface area (Å²) < 4.78 is 7.29. The van der Waals surface area contributed by atoms with Gasteiger partial charge in [-0.1, -0.05) is 0 Å². The number of ether oxygens (including phenoxy) is 1. The van der Waals surface area contributed by atoms with E-state index in [0.29, 0.717) is 12.2 Å². The average molecular weight is 301 g/mol. The molecule has 1 aromatic carbocycles. The number of hydrogen-bond acceptors (Lipinski definition) is 3. The number of benzene rings is 1. The number of pyridine rings is 1. The summed E-state index contributed by atoms with van der Waals surface area (Å²) in [7, 11) is 0. The highest BCUT2D eigenvalue weighted by atomic mass is 16.5. The van der Waals surface area contributed by atoms with Gasteiger partial charge in [-0.05, 0) is 44.5 Å². The summed E-state index contributed by atoms with van der Waals surface area (Å²) in [6, 6.07) is 9.08. The third kappa shape index (κ3) is 3.75. The highest BCUT2D eigenvalue weighted by molar-refractivity contribution is 5.67. The Balaban J connectivity index is 2.35. The number of carboxylic acid groups (broad SMARTS) is 1. The molecule has 0 bridgehead atoms. The first kappa shape index (κ1) is 15.8. The maximum atomic E-state index is 11.9. The third-order valence-electron chi connectivity index (χ3n) is 3.36. The van der Waals surface area contributed by atoms with Gasteiger partial charge in [0.2, 0.25) is 0 Å². The largest absolute Gasteiger partial charge is 0.494 e. The summed E-state index contributed by atoms with van der Waals surface area (Å²) in [5.41, 5.74) is 2.08. The van der Waals surface area contributed by atoms with Crippen LogP contribution < -0.4 is 10.2 Å². The van der Waals surface area contributed by atoms with Crippen LogP contribution in [0, 0.1) is 6.92 Å². The number of aromatic nitrogens is 1. The lowest BCUT2D eigenvalue weighted by Gasteiger charge is -2.13. The SMILES string of the molecule is CCOc1ccc(-n2cc(CCC(=O)O)c(=O)cc2C)cc1. The van der Waals surface area contributed by atoms with Crippen molar-refractivity contribution < 1.29 is 14.6 Å². The lowest BCUT2D eigenvalue weighted by molar-refractivity contribution is -0.136. The second-order valence-electron chi connectivity index (χ2n) is 4.99. The van der Waals surface area contributed by atoms with Crippen molar-refractivity contribution in [1.82, 2.24) is 4.57 Å². The van der Waals surface area contributed by atoms with E-state index < -0.39 is 5.97 Å². The summed E-state index contributed by atoms with van der Waals surface area (Å²) in [4.78, 5) is 22.6. The Morgan fingerprint density at radius 2 is 1.95 bits per heavy atom. The van der Waals surface area contributed by atoms with Crippen LogP contribution in [0.2, 0.25) is 0 Å². The molecule has 0 amide bonds. The Bertz CT molecular complexity index is 716. The maximum Gasteiger partial charge on any atom is 0.303 e. The van der Waals surface area contributed by atoms with E-state index in [1.807, 2.05) is 42.7 Å². The molecule has 116 valence electrons. The quantitative estimate of drug-likeness (QED) is 0.890. The summed E-state index contributed by atoms with van der Waals surface area (Å²) in [5, 5.41) is 8.76. The zero-order valence-corrected chi connectivity index (χ0v) is 12.7. The molecule has 0 saturated carbocycles. The molecule has 0 fully saturated rings. The number of nitrogens with zero attached hydrogens (tertiary/aromatic N) is 1. The predicted octanol–water partition coefficient (Wildman–Crippen LogP) is 2.56. The Kier molecular flexibility index (Phi) is 4.99. The standard InChI is InChI=1S/C17H19NO4/c1-3-22-15-7-5-14(6-8-15)18-11-13(4-9-17(20)21)16(19)10-12(18)2/h5-8,10-11H,3-4,9H2,1-2H3,(H,20,21). The first-order valence-corrected chi connectivity index (χ1v) is 7.18. The Hall–Kier alpha value is -2.56. The van der Waals surface area contributed by atoms with Crippen LogP contribution in [-0.4, -0.2) is 22.2 Å². The number of hydrogen-bond donors (Lipinski definition) is 1. The second-order valence-corrected chi connectivity index (χ2v) is 4.99. The minimum atomic E-state index is -0.910. The van der Waals surface area contributed by atoms with Crippen LogP contribution in [0.3, 0.4) is 0 Å². The summed E-state index contributed by atoms with van der Waals surface area (Å²) in [6.45, 7) is 4.38. The molecule has 22 heavy (non-hydrogen) atoms. The zero-order valence-electron chi connectivity index (χ0n) is 12.7. The van der Waals surface area contributed by atoms with E-state index in [0.717, 1.165) is 17.1 Å². The number of aliphatic carboxylic acids is 1. The fourth-order valence-electron chi connectivity index (χ4n) is 2.25. The normalized spacial score (nSPS) is 10.5. The van der Waals surface area contributed by atoms with Crippen LogP contribution in [0.5, 0.6) is 5.75 Å². The van der Waals surface area contributed by atoms with Gasteiger partial charge in [0.25, 0.3) is 0 Å². The number of carbonyl (C=O) groups is 1. The lowest BCUT2D eigenvalue weighted by Crippen LogP contribution is -2.15. The van der Waals surface area contributed by atoms with Gasteiger partial charge in [-0.25, -0.2) is 0 Å². The van der Waals surface area contributed by atoms with E-state index in [1.165, 1.54) is 6.07 Å². The van der Waals surface area contributed by atoms with Crippen LogP contribution in [0.15, 0.2) is 41.3 Å². The van der Waals surface area contributed by atoms with Gasteiger partial charge in [0.1, 0.15) is 5.75 Å². The predicted molar refractivity (Wildman–Crippen MR) is 83.9 cm³/mol. The molecule has 2 aromatic rings. The van der Waals surface area contributed by atoms with E-state index in [4.69, 9.17) is 9.84 Å². The van der Waals surface area contributed by atoms with E-state index in [-0.39, 0.29) is 18.3 Å². The van der Waals surface area contributed by atoms with Gasteiger partial charge >= 0.3 is 5.97 Å². The molecule has 0 aliphatic heterocycles. The fraction of sp³-hybridized carbons (Fsp3) is 0.294. The minimum Gasteiger partial charge on any atom is -0.494 e. The molecule has 1 aromatic heterocycles. The van der Waals surface area contributed by atoms with Gasteiger partial charge in [-0.3, -0.25) is 9.59 Å². The highest BCUT2D eigenvalue weighted by Gasteiger charge is 2.08. The summed E-state index contributed by atoms with van der Waals surface area (Å²) >= 11 is 0. The molecule has 0 saturated heterocycles. The second kappa shape index (κ2) is 6.93. The number of rotatable bonds is 6. The van der Waals surface area contributed by atoms with Crippen molar-refractivity contribution in [3.63, 3.8) is 0 Å². The monoisotopic (exact) mass is 301 g/mol. The molecule has 1 heterocycles. The van der Waals surface area contributed by atoms with Gasteiger partial charge in [0, 0.05) is 35.6 Å². The summed E-state index contributed by atoms with van der Waals surface area (Å²) in [6.07, 6.45) is 1.89. The van der Waals surface area contributed by atoms with Crippen LogP contribution >= 0.6 is 0 Å². The van der Waals surface area contributed by atoms with Crippen molar-refractivity contribution in [2.24, 2.45) is 0 Å². The van der Waals surface area contributed by atoms with Gasteiger partial charge in [0.15, 0.2) is 5.43 Å². The van der Waals surface area contributed by atoms with E-state index in [2.05, 4.69) is 0 Å². The molecule has 5 nitrogen and oxygen atoms in total. The van der Waals surface area contributed by atoms with Crippen LogP contribution in [-0.2, 0) is 11.2 Å². The first-order valence-electron chi connectivity index (χ1n) is 7.18. The van der Waals surface area contributed by atoms with Crippen molar-refractivity contribution in [3.8, 4) is 11.4 Å². The van der Waals surface area contributed by atoms with Crippen molar-refractivity contribution in [3.05, 3.63) is 58.0 Å². The fourth-order valence-corrected chi connectivity index (χ4v) is 2.25. The summed E-state index contributed by atoms with van der Waals surface area (Å²) in [5.74, 6) is -0.122. The molecule has 0 radical (unpaired) electrons. The van der Waals surface area contributed by atoms with Crippen LogP contribution in [0.1, 0.15) is 24.6 Å². The van der Waals surface area contributed by atoms with Gasteiger partial charge < -0.3 is 14.4 Å². The molecule has 2 rings (SSSR count). The van der Waals surface area contributed by atoms with Gasteiger partial charge in [0.05, 0.1) is 6.61 Å². The van der Waals surface area contributed by atoms with Crippen molar-refractivity contribution in [2.75, 3.05) is 6.61 Å². The third-order valence-corrected chi connectivity index (χ3v) is 3.36. The molecule has 0 aliphatic carbocycles. The minimum absolute atomic E-state index is 0.0540. The Morgan fingerprint density at radius 1 is 1.27 bits per heavy atom. The molecule has 0 atom stereocenters. The number of aryl methyl sites for hydroxylation is 2. The van der Waals surface area contributed by atoms with Crippen molar-refractivity contribution in [2.45, 2.75) is 26.7 Å². The highest BCUT2D eigenvalue weighted by Crippen LogP contribution is 2.17. The van der Waals surface area contributed by atoms with E-state index >= 15 is 0 Å². The van der Waals surface area contributed by atoms with Gasteiger partial charge in [-0.15, -0.1) is 0 Å². The molecule has 0 spiro atoms. The van der Waals surface area contributed by atoms with Crippen molar-refractivity contribution in [1.29, 1.82) is 0 Å². The van der Waals surface area contributed by atoms with Crippen molar-refractivity contribution >= 4 is 5.97 Å². The Morgan fingerprint density at radius 3 is 2.55 bits per heavy atom. The van der Waals surface area contributed by atoms with E-state index in [9.17, 15) is 9.59 Å². The molecule has 1 N–H and O–H groups in total. The lowest BCUT2D eigenvalue weighted by atomic mass is 10.1. The first-order chi connectivity index (χ1) is 10.5. The average Bonchev–Trinajstić information content (AvgIpc) is 2.47. The maximum absolute atomic E-state index is 11.9. The van der Waals surface area contributed by atoms with Crippen LogP contribution in [0.4, 0.5) is 0 Å². The molecule has 0 aliphatic rings. The van der Waals surface area contributed by atoms with E-state index in [1.54, 1.807) is 6.20 Å². The zero-order chi connectivity index (χ0) is 16.1. The molecular formula is C17H19NO4. The van der Waals surface area contributed by atoms with Gasteiger partial charge in [-0.2, -0.15) is 0 Å². The smallest absolute Gasteiger partial charge is 0.303 e. The Labute approximate surface area is 128 Å².